The number of halogens is 1. The lowest BCUT2D eigenvalue weighted by molar-refractivity contribution is -0.126. The minimum atomic E-state index is -0.155. The third-order valence-corrected chi connectivity index (χ3v) is 4.63. The maximum atomic E-state index is 13.9. The zero-order valence-corrected chi connectivity index (χ0v) is 14.1. The van der Waals surface area contributed by atoms with E-state index in [9.17, 15) is 9.18 Å². The van der Waals surface area contributed by atoms with Crippen molar-refractivity contribution in [3.8, 4) is 0 Å². The average molecular weight is 322 g/mol. The first-order valence-electron chi connectivity index (χ1n) is 8.38. The van der Waals surface area contributed by atoms with Gasteiger partial charge >= 0.3 is 0 Å². The molecule has 1 heterocycles. The second-order valence-electron chi connectivity index (χ2n) is 6.15. The van der Waals surface area contributed by atoms with Gasteiger partial charge in [0.2, 0.25) is 5.91 Å². The van der Waals surface area contributed by atoms with Gasteiger partial charge in [0.1, 0.15) is 5.82 Å². The first-order chi connectivity index (χ1) is 11.1. The predicted octanol–water partition coefficient (Wildman–Crippen LogP) is 2.75. The van der Waals surface area contributed by atoms with Gasteiger partial charge < -0.3 is 10.1 Å². The minimum absolute atomic E-state index is 0.0434. The number of hydrogen-bond donors (Lipinski definition) is 1. The van der Waals surface area contributed by atoms with Crippen LogP contribution in [0.4, 0.5) is 4.39 Å². The van der Waals surface area contributed by atoms with Crippen molar-refractivity contribution in [3.63, 3.8) is 0 Å². The molecule has 0 aromatic heterocycles. The second kappa shape index (κ2) is 8.99. The number of ether oxygens (including phenoxy) is 1. The molecule has 1 N–H and O–H groups in total. The SMILES string of the molecule is COCCCNC(=O)C1CCN(C(C)c2ccccc2F)CC1. The zero-order chi connectivity index (χ0) is 16.7. The number of carbonyl (C=O) groups is 1. The molecule has 5 heteroatoms. The van der Waals surface area contributed by atoms with Crippen LogP contribution < -0.4 is 5.32 Å². The van der Waals surface area contributed by atoms with E-state index in [0.717, 1.165) is 37.9 Å². The summed E-state index contributed by atoms with van der Waals surface area (Å²) in [6.07, 6.45) is 2.50. The van der Waals surface area contributed by atoms with Crippen LogP contribution in [0.25, 0.3) is 0 Å². The van der Waals surface area contributed by atoms with Gasteiger partial charge in [0.05, 0.1) is 0 Å². The second-order valence-corrected chi connectivity index (χ2v) is 6.15. The van der Waals surface area contributed by atoms with E-state index in [2.05, 4.69) is 10.2 Å². The number of methoxy groups -OCH3 is 1. The molecule has 2 rings (SSSR count). The molecule has 1 fully saturated rings. The van der Waals surface area contributed by atoms with E-state index in [1.54, 1.807) is 13.2 Å². The fraction of sp³-hybridized carbons (Fsp3) is 0.611. The lowest BCUT2D eigenvalue weighted by atomic mass is 9.93. The molecule has 23 heavy (non-hydrogen) atoms. The maximum absolute atomic E-state index is 13.9. The van der Waals surface area contributed by atoms with Crippen LogP contribution in [0.3, 0.4) is 0 Å². The number of carbonyl (C=O) groups excluding carboxylic acids is 1. The third kappa shape index (κ3) is 5.01. The maximum Gasteiger partial charge on any atom is 0.223 e. The molecule has 1 unspecified atom stereocenters. The van der Waals surface area contributed by atoms with E-state index < -0.39 is 0 Å². The molecule has 0 aliphatic carbocycles. The number of nitrogens with zero attached hydrogens (tertiary/aromatic N) is 1. The highest BCUT2D eigenvalue weighted by Crippen LogP contribution is 2.28. The molecule has 0 saturated carbocycles. The van der Waals surface area contributed by atoms with Crippen molar-refractivity contribution >= 4 is 5.91 Å². The van der Waals surface area contributed by atoms with Gasteiger partial charge in [-0.15, -0.1) is 0 Å². The van der Waals surface area contributed by atoms with Gasteiger partial charge in [-0.05, 0) is 45.3 Å². The standard InChI is InChI=1S/C18H27FN2O2/c1-14(16-6-3-4-7-17(16)19)21-11-8-15(9-12-21)18(22)20-10-5-13-23-2/h3-4,6-7,14-15H,5,8-13H2,1-2H3,(H,20,22). The molecule has 0 bridgehead atoms. The Labute approximate surface area is 138 Å². The van der Waals surface area contributed by atoms with Gasteiger partial charge in [-0.2, -0.15) is 0 Å². The number of hydrogen-bond acceptors (Lipinski definition) is 3. The molecule has 1 aromatic rings. The summed E-state index contributed by atoms with van der Waals surface area (Å²) >= 11 is 0. The first-order valence-corrected chi connectivity index (χ1v) is 8.38. The molecular formula is C18H27FN2O2. The number of nitrogens with one attached hydrogen (secondary N) is 1. The summed E-state index contributed by atoms with van der Waals surface area (Å²) < 4.78 is 18.9. The quantitative estimate of drug-likeness (QED) is 0.785. The Balaban J connectivity index is 1.79. The Morgan fingerprint density at radius 3 is 2.74 bits per heavy atom. The van der Waals surface area contributed by atoms with E-state index in [-0.39, 0.29) is 23.7 Å². The van der Waals surface area contributed by atoms with Crippen LogP contribution in [0, 0.1) is 11.7 Å². The lowest BCUT2D eigenvalue weighted by Gasteiger charge is -2.35. The van der Waals surface area contributed by atoms with Crippen LogP contribution in [0.1, 0.15) is 37.8 Å². The molecule has 0 radical (unpaired) electrons. The van der Waals surface area contributed by atoms with E-state index in [4.69, 9.17) is 4.74 Å². The van der Waals surface area contributed by atoms with Crippen LogP contribution >= 0.6 is 0 Å². The highest BCUT2D eigenvalue weighted by Gasteiger charge is 2.28. The number of rotatable bonds is 7. The first kappa shape index (κ1) is 17.9. The van der Waals surface area contributed by atoms with Crippen LogP contribution in [0.15, 0.2) is 24.3 Å². The Morgan fingerprint density at radius 2 is 2.09 bits per heavy atom. The highest BCUT2D eigenvalue weighted by molar-refractivity contribution is 5.78. The molecule has 1 aromatic carbocycles. The van der Waals surface area contributed by atoms with Crippen molar-refractivity contribution in [1.29, 1.82) is 0 Å². The number of amides is 1. The van der Waals surface area contributed by atoms with Gasteiger partial charge in [-0.1, -0.05) is 18.2 Å². The highest BCUT2D eigenvalue weighted by atomic mass is 19.1. The smallest absolute Gasteiger partial charge is 0.223 e. The Kier molecular flexibility index (Phi) is 6.99. The summed E-state index contributed by atoms with van der Waals surface area (Å²) in [7, 11) is 1.66. The molecule has 1 aliphatic heterocycles. The molecule has 1 amide bonds. The summed E-state index contributed by atoms with van der Waals surface area (Å²) in [6, 6.07) is 6.98. The van der Waals surface area contributed by atoms with Crippen LogP contribution in [0.2, 0.25) is 0 Å². The third-order valence-electron chi connectivity index (χ3n) is 4.63. The molecule has 128 valence electrons. The molecule has 4 nitrogen and oxygen atoms in total. The van der Waals surface area contributed by atoms with Crippen molar-refractivity contribution < 1.29 is 13.9 Å². The summed E-state index contributed by atoms with van der Waals surface area (Å²) in [6.45, 7) is 5.01. The van der Waals surface area contributed by atoms with Crippen LogP contribution in [0.5, 0.6) is 0 Å². The zero-order valence-electron chi connectivity index (χ0n) is 14.1. The van der Waals surface area contributed by atoms with Crippen molar-refractivity contribution in [3.05, 3.63) is 35.6 Å². The monoisotopic (exact) mass is 322 g/mol. The number of piperidine rings is 1. The van der Waals surface area contributed by atoms with Gasteiger partial charge in [-0.25, -0.2) is 4.39 Å². The van der Waals surface area contributed by atoms with Crippen molar-refractivity contribution in [2.75, 3.05) is 33.4 Å². The number of likely N-dealkylation sites (tertiary alicyclic amines) is 1. The Morgan fingerprint density at radius 1 is 1.39 bits per heavy atom. The molecule has 1 saturated heterocycles. The van der Waals surface area contributed by atoms with Crippen molar-refractivity contribution in [2.45, 2.75) is 32.2 Å². The summed E-state index contributed by atoms with van der Waals surface area (Å²) in [5.41, 5.74) is 0.731. The van der Waals surface area contributed by atoms with Crippen LogP contribution in [-0.4, -0.2) is 44.2 Å². The molecule has 1 aliphatic rings. The van der Waals surface area contributed by atoms with E-state index >= 15 is 0 Å². The lowest BCUT2D eigenvalue weighted by Crippen LogP contribution is -2.41. The van der Waals surface area contributed by atoms with Gasteiger partial charge in [0.15, 0.2) is 0 Å². The summed E-state index contributed by atoms with van der Waals surface area (Å²) in [4.78, 5) is 14.4. The fourth-order valence-electron chi connectivity index (χ4n) is 3.13. The summed E-state index contributed by atoms with van der Waals surface area (Å²) in [5.74, 6) is 0.0546. The number of benzene rings is 1. The van der Waals surface area contributed by atoms with Gasteiger partial charge in [0.25, 0.3) is 0 Å². The van der Waals surface area contributed by atoms with Crippen molar-refractivity contribution in [1.82, 2.24) is 10.2 Å². The normalized spacial score (nSPS) is 17.9. The largest absolute Gasteiger partial charge is 0.385 e. The Bertz CT molecular complexity index is 502. The van der Waals surface area contributed by atoms with Gasteiger partial charge in [0, 0.05) is 37.8 Å². The fourth-order valence-corrected chi connectivity index (χ4v) is 3.13. The van der Waals surface area contributed by atoms with Crippen LogP contribution in [-0.2, 0) is 9.53 Å². The predicted molar refractivity (Wildman–Crippen MR) is 88.6 cm³/mol. The molecular weight excluding hydrogens is 295 g/mol. The topological polar surface area (TPSA) is 41.6 Å². The van der Waals surface area contributed by atoms with E-state index in [1.807, 2.05) is 19.1 Å². The molecule has 1 atom stereocenters. The summed E-state index contributed by atoms with van der Waals surface area (Å²) in [5, 5.41) is 2.97. The van der Waals surface area contributed by atoms with Crippen molar-refractivity contribution in [2.24, 2.45) is 5.92 Å². The Hall–Kier alpha value is -1.46. The van der Waals surface area contributed by atoms with E-state index in [1.165, 1.54) is 6.07 Å². The molecule has 0 spiro atoms. The average Bonchev–Trinajstić information content (AvgIpc) is 2.58. The van der Waals surface area contributed by atoms with E-state index in [0.29, 0.717) is 13.2 Å². The van der Waals surface area contributed by atoms with Gasteiger partial charge in [-0.3, -0.25) is 9.69 Å². The minimum Gasteiger partial charge on any atom is -0.385 e.